The summed E-state index contributed by atoms with van der Waals surface area (Å²) in [6.45, 7) is 2.98. The summed E-state index contributed by atoms with van der Waals surface area (Å²) in [5, 5.41) is 1.96. The average molecular weight is 271 g/mol. The average Bonchev–Trinajstić information content (AvgIpc) is 3.08. The summed E-state index contributed by atoms with van der Waals surface area (Å²) in [4.78, 5) is 15.3. The van der Waals surface area contributed by atoms with Gasteiger partial charge in [0.15, 0.2) is 0 Å². The highest BCUT2D eigenvalue weighted by atomic mass is 32.1. The van der Waals surface area contributed by atoms with E-state index in [1.54, 1.807) is 0 Å². The number of hydrogen-bond donors (Lipinski definition) is 0. The van der Waals surface area contributed by atoms with Gasteiger partial charge in [-0.3, -0.25) is 4.79 Å². The minimum atomic E-state index is 0.181. The largest absolute Gasteiger partial charge is 0.335 e. The smallest absolute Gasteiger partial charge is 0.264 e. The molecule has 2 nitrogen and oxygen atoms in total. The van der Waals surface area contributed by atoms with Gasteiger partial charge in [-0.15, -0.1) is 11.3 Å². The standard InChI is InChI=1S/C16H17NOS/c1-12-10-14(13-6-3-2-4-7-13)11-17(12)16(18)15-8-5-9-19-15/h2-9,12,14H,10-11H2,1H3. The molecule has 1 aliphatic rings. The Morgan fingerprint density at radius 1 is 1.21 bits per heavy atom. The molecule has 1 fully saturated rings. The second-order valence-corrected chi connectivity index (χ2v) is 6.07. The molecule has 0 aliphatic carbocycles. The number of nitrogens with zero attached hydrogens (tertiary/aromatic N) is 1. The van der Waals surface area contributed by atoms with Gasteiger partial charge < -0.3 is 4.90 Å². The molecule has 2 unspecified atom stereocenters. The molecule has 98 valence electrons. The van der Waals surface area contributed by atoms with Gasteiger partial charge in [-0.2, -0.15) is 0 Å². The zero-order chi connectivity index (χ0) is 13.2. The predicted molar refractivity (Wildman–Crippen MR) is 78.6 cm³/mol. The number of amides is 1. The Balaban J connectivity index is 1.77. The number of likely N-dealkylation sites (tertiary alicyclic amines) is 1. The van der Waals surface area contributed by atoms with Crippen molar-refractivity contribution in [3.8, 4) is 0 Å². The summed E-state index contributed by atoms with van der Waals surface area (Å²) in [5.41, 5.74) is 1.34. The van der Waals surface area contributed by atoms with E-state index >= 15 is 0 Å². The fraction of sp³-hybridized carbons (Fsp3) is 0.312. The number of hydrogen-bond acceptors (Lipinski definition) is 2. The maximum absolute atomic E-state index is 12.4. The Labute approximate surface area is 117 Å². The Morgan fingerprint density at radius 2 is 2.00 bits per heavy atom. The lowest BCUT2D eigenvalue weighted by Crippen LogP contribution is -2.33. The van der Waals surface area contributed by atoms with Crippen LogP contribution in [-0.2, 0) is 0 Å². The quantitative estimate of drug-likeness (QED) is 0.814. The summed E-state index contributed by atoms with van der Waals surface area (Å²) in [6, 6.07) is 14.7. The third-order valence-electron chi connectivity index (χ3n) is 3.84. The van der Waals surface area contributed by atoms with Crippen LogP contribution in [0.25, 0.3) is 0 Å². The Morgan fingerprint density at radius 3 is 2.68 bits per heavy atom. The maximum Gasteiger partial charge on any atom is 0.264 e. The second kappa shape index (κ2) is 5.17. The Hall–Kier alpha value is -1.61. The molecule has 1 aromatic carbocycles. The zero-order valence-electron chi connectivity index (χ0n) is 11.0. The molecule has 1 amide bonds. The number of carbonyl (C=O) groups is 1. The van der Waals surface area contributed by atoms with E-state index in [4.69, 9.17) is 0 Å². The summed E-state index contributed by atoms with van der Waals surface area (Å²) in [7, 11) is 0. The van der Waals surface area contributed by atoms with E-state index in [1.807, 2.05) is 28.5 Å². The lowest BCUT2D eigenvalue weighted by molar-refractivity contribution is 0.0751. The highest BCUT2D eigenvalue weighted by Crippen LogP contribution is 2.32. The SMILES string of the molecule is CC1CC(c2ccccc2)CN1C(=O)c1cccs1. The van der Waals surface area contributed by atoms with Crippen molar-refractivity contribution in [2.24, 2.45) is 0 Å². The molecule has 3 heteroatoms. The van der Waals surface area contributed by atoms with Gasteiger partial charge in [-0.05, 0) is 30.4 Å². The van der Waals surface area contributed by atoms with Gasteiger partial charge in [0, 0.05) is 18.5 Å². The molecule has 0 spiro atoms. The number of rotatable bonds is 2. The first kappa shape index (κ1) is 12.4. The van der Waals surface area contributed by atoms with E-state index in [-0.39, 0.29) is 5.91 Å². The van der Waals surface area contributed by atoms with Crippen LogP contribution in [0, 0.1) is 0 Å². The molecule has 2 heterocycles. The van der Waals surface area contributed by atoms with Gasteiger partial charge in [0.25, 0.3) is 5.91 Å². The Bertz CT molecular complexity index is 549. The van der Waals surface area contributed by atoms with Crippen LogP contribution in [0.4, 0.5) is 0 Å². The minimum Gasteiger partial charge on any atom is -0.335 e. The zero-order valence-corrected chi connectivity index (χ0v) is 11.8. The summed E-state index contributed by atoms with van der Waals surface area (Å²) >= 11 is 1.53. The highest BCUT2D eigenvalue weighted by Gasteiger charge is 2.33. The van der Waals surface area contributed by atoms with Crippen molar-refractivity contribution in [2.45, 2.75) is 25.3 Å². The molecule has 0 N–H and O–H groups in total. The van der Waals surface area contributed by atoms with E-state index in [0.29, 0.717) is 12.0 Å². The first-order valence-electron chi connectivity index (χ1n) is 6.65. The third kappa shape index (κ3) is 2.43. The normalized spacial score (nSPS) is 22.7. The van der Waals surface area contributed by atoms with Gasteiger partial charge in [0.1, 0.15) is 0 Å². The minimum absolute atomic E-state index is 0.181. The van der Waals surface area contributed by atoms with Gasteiger partial charge in [-0.1, -0.05) is 36.4 Å². The molecule has 2 aromatic rings. The topological polar surface area (TPSA) is 20.3 Å². The number of benzene rings is 1. The van der Waals surface area contributed by atoms with Crippen LogP contribution in [0.15, 0.2) is 47.8 Å². The van der Waals surface area contributed by atoms with Gasteiger partial charge >= 0.3 is 0 Å². The summed E-state index contributed by atoms with van der Waals surface area (Å²) < 4.78 is 0. The van der Waals surface area contributed by atoms with Gasteiger partial charge in [0.05, 0.1) is 4.88 Å². The monoisotopic (exact) mass is 271 g/mol. The van der Waals surface area contributed by atoms with Crippen molar-refractivity contribution in [1.29, 1.82) is 0 Å². The molecule has 0 radical (unpaired) electrons. The molecular formula is C16H17NOS. The van der Waals surface area contributed by atoms with Crippen molar-refractivity contribution in [3.63, 3.8) is 0 Å². The fourth-order valence-corrected chi connectivity index (χ4v) is 3.50. The van der Waals surface area contributed by atoms with E-state index in [1.165, 1.54) is 16.9 Å². The predicted octanol–water partition coefficient (Wildman–Crippen LogP) is 3.77. The van der Waals surface area contributed by atoms with Crippen LogP contribution < -0.4 is 0 Å². The first-order chi connectivity index (χ1) is 9.25. The van der Waals surface area contributed by atoms with E-state index in [2.05, 4.69) is 31.2 Å². The van der Waals surface area contributed by atoms with Crippen molar-refractivity contribution < 1.29 is 4.79 Å². The van der Waals surface area contributed by atoms with Crippen molar-refractivity contribution in [3.05, 3.63) is 58.3 Å². The Kier molecular flexibility index (Phi) is 3.38. The van der Waals surface area contributed by atoms with E-state index in [9.17, 15) is 4.79 Å². The van der Waals surface area contributed by atoms with Gasteiger partial charge in [0.2, 0.25) is 0 Å². The van der Waals surface area contributed by atoms with E-state index < -0.39 is 0 Å². The summed E-state index contributed by atoms with van der Waals surface area (Å²) in [6.07, 6.45) is 1.06. The lowest BCUT2D eigenvalue weighted by Gasteiger charge is -2.20. The fourth-order valence-electron chi connectivity index (χ4n) is 2.82. The first-order valence-corrected chi connectivity index (χ1v) is 7.53. The van der Waals surface area contributed by atoms with Crippen LogP contribution >= 0.6 is 11.3 Å². The van der Waals surface area contributed by atoms with Crippen LogP contribution in [0.1, 0.15) is 34.5 Å². The summed E-state index contributed by atoms with van der Waals surface area (Å²) in [5.74, 6) is 0.654. The lowest BCUT2D eigenvalue weighted by atomic mass is 9.97. The maximum atomic E-state index is 12.4. The van der Waals surface area contributed by atoms with Crippen LogP contribution in [0.3, 0.4) is 0 Å². The van der Waals surface area contributed by atoms with Crippen LogP contribution in [0.2, 0.25) is 0 Å². The molecule has 1 aliphatic heterocycles. The second-order valence-electron chi connectivity index (χ2n) is 5.13. The van der Waals surface area contributed by atoms with Gasteiger partial charge in [-0.25, -0.2) is 0 Å². The third-order valence-corrected chi connectivity index (χ3v) is 4.70. The molecule has 0 bridgehead atoms. The van der Waals surface area contributed by atoms with Crippen LogP contribution in [-0.4, -0.2) is 23.4 Å². The molecule has 0 saturated carbocycles. The molecule has 3 rings (SSSR count). The van der Waals surface area contributed by atoms with Crippen molar-refractivity contribution in [2.75, 3.05) is 6.54 Å². The molecule has 19 heavy (non-hydrogen) atoms. The molecule has 2 atom stereocenters. The number of carbonyl (C=O) groups excluding carboxylic acids is 1. The molecule has 1 aromatic heterocycles. The molecular weight excluding hydrogens is 254 g/mol. The van der Waals surface area contributed by atoms with Crippen molar-refractivity contribution in [1.82, 2.24) is 4.90 Å². The van der Waals surface area contributed by atoms with E-state index in [0.717, 1.165) is 17.8 Å². The van der Waals surface area contributed by atoms with Crippen molar-refractivity contribution >= 4 is 17.2 Å². The number of thiophene rings is 1. The van der Waals surface area contributed by atoms with Crippen LogP contribution in [0.5, 0.6) is 0 Å². The highest BCUT2D eigenvalue weighted by molar-refractivity contribution is 7.12. The molecule has 1 saturated heterocycles.